The summed E-state index contributed by atoms with van der Waals surface area (Å²) in [4.78, 5) is 23.6. The number of nitrogens with one attached hydrogen (secondary N) is 1. The number of carboxylic acids is 1. The Kier molecular flexibility index (Phi) is 7.90. The average Bonchev–Trinajstić information content (AvgIpc) is 3.25. The molecule has 3 rings (SSSR count). The summed E-state index contributed by atoms with van der Waals surface area (Å²) < 4.78 is 26.9. The van der Waals surface area contributed by atoms with E-state index in [2.05, 4.69) is 5.32 Å². The predicted octanol–water partition coefficient (Wildman–Crippen LogP) is 2.73. The van der Waals surface area contributed by atoms with Crippen molar-refractivity contribution in [1.82, 2.24) is 0 Å². The Labute approximate surface area is 183 Å². The van der Waals surface area contributed by atoms with Crippen LogP contribution in [0.5, 0.6) is 17.2 Å². The van der Waals surface area contributed by atoms with E-state index in [1.165, 1.54) is 13.2 Å². The fraction of sp³-hybridized carbons (Fsp3) is 0.273. The Morgan fingerprint density at radius 1 is 1.19 bits per heavy atom. The topological polar surface area (TPSA) is 133 Å². The molecule has 0 unspecified atom stereocenters. The first kappa shape index (κ1) is 22.9. The highest BCUT2D eigenvalue weighted by Crippen LogP contribution is 2.34. The van der Waals surface area contributed by atoms with Gasteiger partial charge >= 0.3 is 12.1 Å². The molecule has 0 bridgehead atoms. The van der Waals surface area contributed by atoms with E-state index in [4.69, 9.17) is 33.9 Å². The zero-order valence-corrected chi connectivity index (χ0v) is 17.2. The van der Waals surface area contributed by atoms with Gasteiger partial charge in [-0.25, -0.2) is 9.59 Å². The van der Waals surface area contributed by atoms with Crippen molar-refractivity contribution in [1.29, 1.82) is 0 Å². The SMILES string of the molecule is CO[C@@H](/C=C/C(=O)O)[C@@H](OC(=O)Nc1ccc2c(c1)OCO2)c1cccc(OCCO)c1. The van der Waals surface area contributed by atoms with E-state index in [-0.39, 0.29) is 20.0 Å². The summed E-state index contributed by atoms with van der Waals surface area (Å²) >= 11 is 0. The summed E-state index contributed by atoms with van der Waals surface area (Å²) in [5.74, 6) is 0.334. The first-order chi connectivity index (χ1) is 15.5. The van der Waals surface area contributed by atoms with Gasteiger partial charge in [0, 0.05) is 24.9 Å². The average molecular weight is 445 g/mol. The minimum atomic E-state index is -1.17. The van der Waals surface area contributed by atoms with Gasteiger partial charge in [-0.1, -0.05) is 12.1 Å². The Balaban J connectivity index is 1.81. The van der Waals surface area contributed by atoms with Crippen LogP contribution in [0.2, 0.25) is 0 Å². The van der Waals surface area contributed by atoms with E-state index in [1.54, 1.807) is 42.5 Å². The molecule has 170 valence electrons. The highest BCUT2D eigenvalue weighted by Gasteiger charge is 2.26. The zero-order valence-electron chi connectivity index (χ0n) is 17.2. The number of ether oxygens (including phenoxy) is 5. The third-order valence-corrected chi connectivity index (χ3v) is 4.40. The van der Waals surface area contributed by atoms with Crippen molar-refractivity contribution < 1.29 is 43.5 Å². The molecule has 0 aliphatic carbocycles. The number of benzene rings is 2. The van der Waals surface area contributed by atoms with Crippen LogP contribution in [0.4, 0.5) is 10.5 Å². The number of aliphatic hydroxyl groups is 1. The first-order valence-corrected chi connectivity index (χ1v) is 9.65. The molecule has 0 spiro atoms. The maximum Gasteiger partial charge on any atom is 0.412 e. The normalized spacial score (nSPS) is 14.1. The van der Waals surface area contributed by atoms with Crippen LogP contribution in [-0.4, -0.2) is 55.5 Å². The second kappa shape index (κ2) is 11.0. The number of fused-ring (bicyclic) bond motifs is 1. The fourth-order valence-electron chi connectivity index (χ4n) is 2.99. The molecule has 1 aliphatic rings. The van der Waals surface area contributed by atoms with Crippen LogP contribution in [-0.2, 0) is 14.3 Å². The van der Waals surface area contributed by atoms with Crippen molar-refractivity contribution in [2.24, 2.45) is 0 Å². The van der Waals surface area contributed by atoms with Crippen LogP contribution >= 0.6 is 0 Å². The maximum absolute atomic E-state index is 12.6. The lowest BCUT2D eigenvalue weighted by Gasteiger charge is -2.24. The molecule has 1 aliphatic heterocycles. The highest BCUT2D eigenvalue weighted by atomic mass is 16.7. The van der Waals surface area contributed by atoms with Crippen LogP contribution in [0.1, 0.15) is 11.7 Å². The number of carbonyl (C=O) groups excluding carboxylic acids is 1. The summed E-state index contributed by atoms with van der Waals surface area (Å²) in [5.41, 5.74) is 0.927. The second-order valence-electron chi connectivity index (χ2n) is 6.56. The molecule has 10 nitrogen and oxygen atoms in total. The van der Waals surface area contributed by atoms with Crippen LogP contribution in [0.15, 0.2) is 54.6 Å². The van der Waals surface area contributed by atoms with Crippen molar-refractivity contribution in [3.63, 3.8) is 0 Å². The number of anilines is 1. The number of aliphatic hydroxyl groups excluding tert-OH is 1. The maximum atomic E-state index is 12.6. The Bertz CT molecular complexity index is 976. The molecule has 10 heteroatoms. The van der Waals surface area contributed by atoms with Gasteiger partial charge in [0.05, 0.1) is 6.61 Å². The molecule has 0 saturated carbocycles. The van der Waals surface area contributed by atoms with Gasteiger partial charge in [-0.15, -0.1) is 0 Å². The van der Waals surface area contributed by atoms with Crippen molar-refractivity contribution in [2.45, 2.75) is 12.2 Å². The summed E-state index contributed by atoms with van der Waals surface area (Å²) in [6.45, 7) is 0.0295. The van der Waals surface area contributed by atoms with E-state index < -0.39 is 24.3 Å². The summed E-state index contributed by atoms with van der Waals surface area (Å²) in [7, 11) is 1.37. The third kappa shape index (κ3) is 6.13. The monoisotopic (exact) mass is 445 g/mol. The number of amides is 1. The number of hydrogen-bond donors (Lipinski definition) is 3. The Morgan fingerprint density at radius 2 is 2.00 bits per heavy atom. The number of hydrogen-bond acceptors (Lipinski definition) is 8. The molecule has 2 aromatic rings. The third-order valence-electron chi connectivity index (χ3n) is 4.40. The summed E-state index contributed by atoms with van der Waals surface area (Å²) in [6, 6.07) is 11.6. The molecule has 0 fully saturated rings. The Hall–Kier alpha value is -3.76. The smallest absolute Gasteiger partial charge is 0.412 e. The van der Waals surface area contributed by atoms with Gasteiger partial charge in [0.15, 0.2) is 17.6 Å². The molecule has 2 aromatic carbocycles. The molecular formula is C22H23NO9. The molecule has 0 radical (unpaired) electrons. The number of carboxylic acid groups (broad SMARTS) is 1. The number of aliphatic carboxylic acids is 1. The van der Waals surface area contributed by atoms with Crippen molar-refractivity contribution in [2.75, 3.05) is 32.4 Å². The predicted molar refractivity (Wildman–Crippen MR) is 112 cm³/mol. The van der Waals surface area contributed by atoms with E-state index in [9.17, 15) is 9.59 Å². The van der Waals surface area contributed by atoms with Crippen LogP contribution in [0.3, 0.4) is 0 Å². The number of methoxy groups -OCH3 is 1. The van der Waals surface area contributed by atoms with E-state index in [0.29, 0.717) is 28.5 Å². The molecule has 32 heavy (non-hydrogen) atoms. The first-order valence-electron chi connectivity index (χ1n) is 9.65. The van der Waals surface area contributed by atoms with Gasteiger partial charge in [-0.05, 0) is 35.9 Å². The molecular weight excluding hydrogens is 422 g/mol. The summed E-state index contributed by atoms with van der Waals surface area (Å²) in [6.07, 6.45) is -0.501. The number of carbonyl (C=O) groups is 2. The largest absolute Gasteiger partial charge is 0.491 e. The quantitative estimate of drug-likeness (QED) is 0.472. The standard InChI is InChI=1S/C22H23NO9/c1-28-18(7-8-20(25)26)21(14-3-2-4-16(11-14)29-10-9-24)32-22(27)23-15-5-6-17-19(12-15)31-13-30-17/h2-8,11-12,18,21,24H,9-10,13H2,1H3,(H,23,27)(H,25,26)/b8-7+/t18-,21-/m0/s1. The van der Waals surface area contributed by atoms with Crippen LogP contribution in [0, 0.1) is 0 Å². The zero-order chi connectivity index (χ0) is 22.9. The van der Waals surface area contributed by atoms with Gasteiger partial charge in [-0.3, -0.25) is 5.32 Å². The molecule has 2 atom stereocenters. The van der Waals surface area contributed by atoms with E-state index in [1.807, 2.05) is 0 Å². The molecule has 1 heterocycles. The minimum Gasteiger partial charge on any atom is -0.491 e. The molecule has 3 N–H and O–H groups in total. The van der Waals surface area contributed by atoms with Gasteiger partial charge in [0.25, 0.3) is 0 Å². The number of rotatable bonds is 10. The minimum absolute atomic E-state index is 0.0895. The lowest BCUT2D eigenvalue weighted by molar-refractivity contribution is -0.131. The van der Waals surface area contributed by atoms with Gasteiger partial charge in [-0.2, -0.15) is 0 Å². The van der Waals surface area contributed by atoms with E-state index >= 15 is 0 Å². The van der Waals surface area contributed by atoms with Gasteiger partial charge in [0.1, 0.15) is 18.5 Å². The van der Waals surface area contributed by atoms with Gasteiger partial charge in [0.2, 0.25) is 6.79 Å². The van der Waals surface area contributed by atoms with Crippen LogP contribution in [0.25, 0.3) is 0 Å². The molecule has 1 amide bonds. The van der Waals surface area contributed by atoms with Gasteiger partial charge < -0.3 is 33.9 Å². The summed E-state index contributed by atoms with van der Waals surface area (Å²) in [5, 5.41) is 20.6. The lowest BCUT2D eigenvalue weighted by atomic mass is 10.0. The molecule has 0 aromatic heterocycles. The lowest BCUT2D eigenvalue weighted by Crippen LogP contribution is -2.27. The molecule has 0 saturated heterocycles. The second-order valence-corrected chi connectivity index (χ2v) is 6.56. The highest BCUT2D eigenvalue weighted by molar-refractivity contribution is 5.85. The van der Waals surface area contributed by atoms with E-state index in [0.717, 1.165) is 6.08 Å². The van der Waals surface area contributed by atoms with Crippen molar-refractivity contribution in [3.05, 3.63) is 60.2 Å². The van der Waals surface area contributed by atoms with Crippen molar-refractivity contribution in [3.8, 4) is 17.2 Å². The fourth-order valence-corrected chi connectivity index (χ4v) is 2.99. The van der Waals surface area contributed by atoms with Crippen LogP contribution < -0.4 is 19.5 Å². The van der Waals surface area contributed by atoms with Crippen molar-refractivity contribution >= 4 is 17.7 Å². The Morgan fingerprint density at radius 3 is 2.75 bits per heavy atom.